The van der Waals surface area contributed by atoms with Gasteiger partial charge in [0.25, 0.3) is 5.91 Å². The van der Waals surface area contributed by atoms with Crippen LogP contribution in [-0.2, 0) is 9.59 Å². The predicted molar refractivity (Wildman–Crippen MR) is 64.6 cm³/mol. The van der Waals surface area contributed by atoms with Crippen molar-refractivity contribution < 1.29 is 9.59 Å². The molecule has 1 aliphatic heterocycles. The summed E-state index contributed by atoms with van der Waals surface area (Å²) in [5, 5.41) is 7.95. The van der Waals surface area contributed by atoms with Gasteiger partial charge in [-0.2, -0.15) is 5.10 Å². The first kappa shape index (κ1) is 12.3. The molecule has 2 rings (SSSR count). The fourth-order valence-corrected chi connectivity index (χ4v) is 1.70. The number of imidazole rings is 1. The van der Waals surface area contributed by atoms with Gasteiger partial charge >= 0.3 is 0 Å². The van der Waals surface area contributed by atoms with Gasteiger partial charge in [0.05, 0.1) is 6.04 Å². The second-order valence-electron chi connectivity index (χ2n) is 4.13. The first-order valence-corrected chi connectivity index (χ1v) is 5.72. The zero-order chi connectivity index (χ0) is 13.1. The summed E-state index contributed by atoms with van der Waals surface area (Å²) in [7, 11) is 1.55. The zero-order valence-corrected chi connectivity index (χ0v) is 10.3. The van der Waals surface area contributed by atoms with Crippen LogP contribution in [0.5, 0.6) is 0 Å². The van der Waals surface area contributed by atoms with Crippen molar-refractivity contribution in [3.05, 3.63) is 18.2 Å². The van der Waals surface area contributed by atoms with Crippen LogP contribution in [0.2, 0.25) is 0 Å². The fraction of sp³-hybridized carbons (Fsp3) is 0.455. The monoisotopic (exact) mass is 249 g/mol. The molecule has 2 amide bonds. The van der Waals surface area contributed by atoms with Crippen LogP contribution in [0.25, 0.3) is 0 Å². The summed E-state index contributed by atoms with van der Waals surface area (Å²) in [6, 6.07) is -0.224. The molecule has 0 bridgehead atoms. The topological polar surface area (TPSA) is 90.4 Å². The van der Waals surface area contributed by atoms with Crippen molar-refractivity contribution in [1.29, 1.82) is 0 Å². The van der Waals surface area contributed by atoms with E-state index in [0.717, 1.165) is 0 Å². The highest BCUT2D eigenvalue weighted by atomic mass is 16.2. The van der Waals surface area contributed by atoms with E-state index in [-0.39, 0.29) is 17.9 Å². The second kappa shape index (κ2) is 4.99. The first-order valence-electron chi connectivity index (χ1n) is 5.72. The second-order valence-corrected chi connectivity index (χ2v) is 4.13. The lowest BCUT2D eigenvalue weighted by Gasteiger charge is -2.20. The number of nitrogens with one attached hydrogen (secondary N) is 2. The van der Waals surface area contributed by atoms with Crippen LogP contribution in [-0.4, -0.2) is 39.6 Å². The van der Waals surface area contributed by atoms with Crippen molar-refractivity contribution in [2.24, 2.45) is 5.10 Å². The molecule has 0 spiro atoms. The number of nitrogens with zero attached hydrogens (tertiary/aromatic N) is 3. The molecular weight excluding hydrogens is 234 g/mol. The molecule has 0 radical (unpaired) electrons. The summed E-state index contributed by atoms with van der Waals surface area (Å²) in [5.74, 6) is 0.341. The van der Waals surface area contributed by atoms with Crippen LogP contribution >= 0.6 is 0 Å². The number of aromatic nitrogens is 2. The Balaban J connectivity index is 2.00. The summed E-state index contributed by atoms with van der Waals surface area (Å²) in [4.78, 5) is 30.2. The minimum atomic E-state index is -0.266. The molecule has 0 saturated heterocycles. The average Bonchev–Trinajstić information content (AvgIpc) is 2.86. The van der Waals surface area contributed by atoms with E-state index in [1.54, 1.807) is 19.4 Å². The molecule has 2 N–H and O–H groups in total. The Labute approximate surface area is 104 Å². The third kappa shape index (κ3) is 2.55. The van der Waals surface area contributed by atoms with Gasteiger partial charge in [0.1, 0.15) is 11.5 Å². The van der Waals surface area contributed by atoms with Crippen molar-refractivity contribution in [3.63, 3.8) is 0 Å². The number of carbonyl (C=O) groups is 2. The molecule has 0 saturated carbocycles. The Hall–Kier alpha value is -2.18. The Kier molecular flexibility index (Phi) is 3.40. The number of rotatable bonds is 3. The van der Waals surface area contributed by atoms with E-state index in [1.807, 2.05) is 6.92 Å². The molecule has 1 unspecified atom stereocenters. The third-order valence-corrected chi connectivity index (χ3v) is 2.75. The fourth-order valence-electron chi connectivity index (χ4n) is 1.70. The Morgan fingerprint density at radius 2 is 2.33 bits per heavy atom. The zero-order valence-electron chi connectivity index (χ0n) is 10.3. The molecule has 0 aromatic carbocycles. The lowest BCUT2D eigenvalue weighted by Crippen LogP contribution is -2.38. The standard InChI is InChI=1S/C11H15N5O2/c1-7(10-12-5-6-13-10)14-11(18)8-3-4-9(17)16(2)15-8/h5-7H,3-4H2,1-2H3,(H,12,13)(H,14,18). The quantitative estimate of drug-likeness (QED) is 0.801. The Morgan fingerprint density at radius 1 is 1.56 bits per heavy atom. The van der Waals surface area contributed by atoms with Gasteiger partial charge in [-0.25, -0.2) is 9.99 Å². The van der Waals surface area contributed by atoms with E-state index in [4.69, 9.17) is 0 Å². The van der Waals surface area contributed by atoms with Gasteiger partial charge in [0.2, 0.25) is 5.91 Å². The number of carbonyl (C=O) groups excluding carboxylic acids is 2. The summed E-state index contributed by atoms with van der Waals surface area (Å²) in [6.07, 6.45) is 4.02. The summed E-state index contributed by atoms with van der Waals surface area (Å²) in [6.45, 7) is 1.83. The maximum Gasteiger partial charge on any atom is 0.268 e. The van der Waals surface area contributed by atoms with Crippen molar-refractivity contribution in [3.8, 4) is 0 Å². The highest BCUT2D eigenvalue weighted by Gasteiger charge is 2.23. The molecule has 18 heavy (non-hydrogen) atoms. The lowest BCUT2D eigenvalue weighted by molar-refractivity contribution is -0.130. The first-order chi connectivity index (χ1) is 8.58. The molecule has 1 aromatic heterocycles. The number of hydrazone groups is 1. The highest BCUT2D eigenvalue weighted by molar-refractivity contribution is 6.39. The number of hydrogen-bond acceptors (Lipinski definition) is 4. The van der Waals surface area contributed by atoms with Gasteiger partial charge in [-0.3, -0.25) is 9.59 Å². The molecule has 7 heteroatoms. The van der Waals surface area contributed by atoms with Crippen molar-refractivity contribution in [1.82, 2.24) is 20.3 Å². The number of aromatic amines is 1. The molecule has 1 atom stereocenters. The molecule has 1 aliphatic rings. The van der Waals surface area contributed by atoms with Gasteiger partial charge in [-0.05, 0) is 6.92 Å². The Bertz CT molecular complexity index is 480. The summed E-state index contributed by atoms with van der Waals surface area (Å²) >= 11 is 0. The maximum absolute atomic E-state index is 11.9. The van der Waals surface area contributed by atoms with Gasteiger partial charge in [-0.15, -0.1) is 0 Å². The van der Waals surface area contributed by atoms with Gasteiger partial charge in [-0.1, -0.05) is 0 Å². The highest BCUT2D eigenvalue weighted by Crippen LogP contribution is 2.09. The molecule has 2 heterocycles. The normalized spacial score (nSPS) is 17.3. The van der Waals surface area contributed by atoms with Crippen LogP contribution < -0.4 is 5.32 Å². The van der Waals surface area contributed by atoms with Crippen LogP contribution in [0, 0.1) is 0 Å². The Morgan fingerprint density at radius 3 is 2.94 bits per heavy atom. The summed E-state index contributed by atoms with van der Waals surface area (Å²) < 4.78 is 0. The van der Waals surface area contributed by atoms with Crippen LogP contribution in [0.1, 0.15) is 31.6 Å². The average molecular weight is 249 g/mol. The number of H-pyrrole nitrogens is 1. The van der Waals surface area contributed by atoms with Gasteiger partial charge in [0.15, 0.2) is 0 Å². The third-order valence-electron chi connectivity index (χ3n) is 2.75. The van der Waals surface area contributed by atoms with E-state index in [2.05, 4.69) is 20.4 Å². The predicted octanol–water partition coefficient (Wildman–Crippen LogP) is 0.195. The minimum absolute atomic E-state index is 0.0781. The van der Waals surface area contributed by atoms with Gasteiger partial charge < -0.3 is 10.3 Å². The van der Waals surface area contributed by atoms with Crippen molar-refractivity contribution in [2.45, 2.75) is 25.8 Å². The van der Waals surface area contributed by atoms with E-state index in [0.29, 0.717) is 24.4 Å². The number of amides is 2. The van der Waals surface area contributed by atoms with E-state index < -0.39 is 0 Å². The largest absolute Gasteiger partial charge is 0.347 e. The lowest BCUT2D eigenvalue weighted by atomic mass is 10.1. The maximum atomic E-state index is 11.9. The smallest absolute Gasteiger partial charge is 0.268 e. The van der Waals surface area contributed by atoms with E-state index in [9.17, 15) is 9.59 Å². The molecule has 1 aromatic rings. The minimum Gasteiger partial charge on any atom is -0.347 e. The summed E-state index contributed by atoms with van der Waals surface area (Å²) in [5.41, 5.74) is 0.371. The van der Waals surface area contributed by atoms with E-state index in [1.165, 1.54) is 5.01 Å². The van der Waals surface area contributed by atoms with Crippen molar-refractivity contribution in [2.75, 3.05) is 7.05 Å². The molecule has 96 valence electrons. The molecule has 0 fully saturated rings. The molecular formula is C11H15N5O2. The van der Waals surface area contributed by atoms with Crippen LogP contribution in [0.15, 0.2) is 17.5 Å². The number of hydrogen-bond donors (Lipinski definition) is 2. The van der Waals surface area contributed by atoms with Gasteiger partial charge in [0, 0.05) is 32.3 Å². The van der Waals surface area contributed by atoms with Crippen LogP contribution in [0.4, 0.5) is 0 Å². The van der Waals surface area contributed by atoms with Crippen LogP contribution in [0.3, 0.4) is 0 Å². The SMILES string of the molecule is CC(NC(=O)C1=NN(C)C(=O)CC1)c1ncc[nH]1. The van der Waals surface area contributed by atoms with Crippen molar-refractivity contribution >= 4 is 17.5 Å². The molecule has 0 aliphatic carbocycles. The van der Waals surface area contributed by atoms with E-state index >= 15 is 0 Å². The molecule has 7 nitrogen and oxygen atoms in total.